The molecule has 0 aliphatic heterocycles. The van der Waals surface area contributed by atoms with Crippen molar-refractivity contribution in [1.82, 2.24) is 9.66 Å². The van der Waals surface area contributed by atoms with E-state index in [1.807, 2.05) is 13.8 Å². The van der Waals surface area contributed by atoms with Crippen molar-refractivity contribution < 1.29 is 9.18 Å². The predicted octanol–water partition coefficient (Wildman–Crippen LogP) is 4.19. The molecule has 3 rings (SSSR count). The highest BCUT2D eigenvalue weighted by Gasteiger charge is 2.20. The van der Waals surface area contributed by atoms with Crippen LogP contribution >= 0.6 is 11.6 Å². The highest BCUT2D eigenvalue weighted by Crippen LogP contribution is 2.20. The molecule has 7 heteroatoms. The van der Waals surface area contributed by atoms with Gasteiger partial charge in [0.25, 0.3) is 5.56 Å². The van der Waals surface area contributed by atoms with E-state index >= 15 is 0 Å². The van der Waals surface area contributed by atoms with E-state index < -0.39 is 23.2 Å². The Morgan fingerprint density at radius 2 is 1.93 bits per heavy atom. The molecule has 140 valence electrons. The van der Waals surface area contributed by atoms with Crippen molar-refractivity contribution in [2.24, 2.45) is 0 Å². The Balaban J connectivity index is 2.05. The van der Waals surface area contributed by atoms with Crippen LogP contribution in [0.25, 0.3) is 10.9 Å². The number of benzene rings is 2. The van der Waals surface area contributed by atoms with Gasteiger partial charge in [-0.15, -0.1) is 0 Å². The van der Waals surface area contributed by atoms with E-state index in [0.29, 0.717) is 27.3 Å². The van der Waals surface area contributed by atoms with Crippen LogP contribution < -0.4 is 11.0 Å². The molecule has 27 heavy (non-hydrogen) atoms. The number of hydrogen-bond donors (Lipinski definition) is 1. The topological polar surface area (TPSA) is 64.0 Å². The van der Waals surface area contributed by atoms with E-state index in [4.69, 9.17) is 11.6 Å². The number of carbonyl (C=O) groups excluding carboxylic acids is 1. The Kier molecular flexibility index (Phi) is 5.28. The molecule has 0 aliphatic rings. The molecule has 0 saturated heterocycles. The first kappa shape index (κ1) is 19.0. The van der Waals surface area contributed by atoms with Crippen molar-refractivity contribution in [2.45, 2.75) is 32.6 Å². The van der Waals surface area contributed by atoms with Gasteiger partial charge in [-0.05, 0) is 42.8 Å². The number of carbonyl (C=O) groups is 1. The van der Waals surface area contributed by atoms with Crippen molar-refractivity contribution in [2.75, 3.05) is 5.43 Å². The Morgan fingerprint density at radius 3 is 2.59 bits per heavy atom. The third kappa shape index (κ3) is 3.85. The zero-order chi connectivity index (χ0) is 19.7. The second kappa shape index (κ2) is 7.48. The number of aromatic nitrogens is 2. The van der Waals surface area contributed by atoms with Crippen molar-refractivity contribution in [3.05, 3.63) is 75.0 Å². The summed E-state index contributed by atoms with van der Waals surface area (Å²) in [6, 6.07) is 10.7. The van der Waals surface area contributed by atoms with Gasteiger partial charge in [-0.25, -0.2) is 14.1 Å². The molecule has 1 aromatic heterocycles. The average molecular weight is 388 g/mol. The van der Waals surface area contributed by atoms with Crippen LogP contribution in [-0.4, -0.2) is 15.6 Å². The van der Waals surface area contributed by atoms with Crippen LogP contribution in [0.1, 0.15) is 44.0 Å². The molecule has 5 nitrogen and oxygen atoms in total. The second-order valence-electron chi connectivity index (χ2n) is 6.68. The summed E-state index contributed by atoms with van der Waals surface area (Å²) in [6.45, 7) is 5.40. The molecule has 3 aromatic rings. The van der Waals surface area contributed by atoms with E-state index in [9.17, 15) is 14.0 Å². The first-order chi connectivity index (χ1) is 12.8. The van der Waals surface area contributed by atoms with E-state index in [1.165, 1.54) is 18.2 Å². The summed E-state index contributed by atoms with van der Waals surface area (Å²) in [7, 11) is 0. The lowest BCUT2D eigenvalue weighted by molar-refractivity contribution is -0.118. The fraction of sp³-hybridized carbons (Fsp3) is 0.250. The van der Waals surface area contributed by atoms with Crippen molar-refractivity contribution in [3.8, 4) is 0 Å². The molecule has 0 fully saturated rings. The maximum absolute atomic E-state index is 13.5. The number of amides is 1. The van der Waals surface area contributed by atoms with Gasteiger partial charge in [0.1, 0.15) is 11.6 Å². The summed E-state index contributed by atoms with van der Waals surface area (Å²) < 4.78 is 14.6. The van der Waals surface area contributed by atoms with E-state index in [-0.39, 0.29) is 5.92 Å². The molecule has 0 spiro atoms. The molecule has 1 N–H and O–H groups in total. The van der Waals surface area contributed by atoms with Gasteiger partial charge >= 0.3 is 0 Å². The Labute approximate surface area is 160 Å². The van der Waals surface area contributed by atoms with Crippen LogP contribution in [0.4, 0.5) is 4.39 Å². The summed E-state index contributed by atoms with van der Waals surface area (Å²) >= 11 is 6.00. The van der Waals surface area contributed by atoms with Crippen LogP contribution in [0.5, 0.6) is 0 Å². The molecule has 1 atom stereocenters. The van der Waals surface area contributed by atoms with Gasteiger partial charge in [0.05, 0.1) is 16.8 Å². The summed E-state index contributed by atoms with van der Waals surface area (Å²) in [6.07, 6.45) is 0. The summed E-state index contributed by atoms with van der Waals surface area (Å²) in [5, 5.41) is 0.718. The fourth-order valence-corrected chi connectivity index (χ4v) is 2.98. The Morgan fingerprint density at radius 1 is 1.19 bits per heavy atom. The number of halogens is 2. The number of nitrogens with zero attached hydrogens (tertiary/aromatic N) is 2. The normalized spacial score (nSPS) is 12.4. The van der Waals surface area contributed by atoms with Crippen LogP contribution in [0.3, 0.4) is 0 Å². The monoisotopic (exact) mass is 387 g/mol. The lowest BCUT2D eigenvalue weighted by Gasteiger charge is -2.19. The maximum Gasteiger partial charge on any atom is 0.280 e. The smallest absolute Gasteiger partial charge is 0.273 e. The van der Waals surface area contributed by atoms with E-state index in [1.54, 1.807) is 31.2 Å². The van der Waals surface area contributed by atoms with E-state index in [2.05, 4.69) is 10.4 Å². The van der Waals surface area contributed by atoms with Crippen molar-refractivity contribution >= 4 is 28.4 Å². The Hall–Kier alpha value is -2.73. The third-order valence-corrected chi connectivity index (χ3v) is 4.57. The maximum atomic E-state index is 13.5. The number of nitrogens with one attached hydrogen (secondary N) is 1. The van der Waals surface area contributed by atoms with Crippen LogP contribution in [0.15, 0.2) is 47.3 Å². The fourth-order valence-electron chi connectivity index (χ4n) is 2.80. The molecule has 2 aromatic carbocycles. The molecular formula is C20H19ClFN3O2. The SMILES string of the molecule is CC(C)c1nc2ccc(Cl)cc2c(=O)n1NC(=O)C(C)c1cccc(F)c1. The van der Waals surface area contributed by atoms with Crippen molar-refractivity contribution in [1.29, 1.82) is 0 Å². The highest BCUT2D eigenvalue weighted by molar-refractivity contribution is 6.31. The molecule has 0 radical (unpaired) electrons. The first-order valence-electron chi connectivity index (χ1n) is 8.56. The average Bonchev–Trinajstić information content (AvgIpc) is 2.63. The van der Waals surface area contributed by atoms with Gasteiger partial charge in [-0.1, -0.05) is 37.6 Å². The van der Waals surface area contributed by atoms with Gasteiger partial charge < -0.3 is 0 Å². The molecule has 1 heterocycles. The quantitative estimate of drug-likeness (QED) is 0.730. The number of rotatable bonds is 4. The molecular weight excluding hydrogens is 369 g/mol. The van der Waals surface area contributed by atoms with Crippen LogP contribution in [0.2, 0.25) is 5.02 Å². The molecule has 1 amide bonds. The van der Waals surface area contributed by atoms with Crippen LogP contribution in [-0.2, 0) is 4.79 Å². The predicted molar refractivity (Wildman–Crippen MR) is 104 cm³/mol. The Bertz CT molecular complexity index is 1080. The zero-order valence-electron chi connectivity index (χ0n) is 15.2. The second-order valence-corrected chi connectivity index (χ2v) is 7.12. The number of fused-ring (bicyclic) bond motifs is 1. The summed E-state index contributed by atoms with van der Waals surface area (Å²) in [5.41, 5.74) is 3.24. The summed E-state index contributed by atoms with van der Waals surface area (Å²) in [4.78, 5) is 30.2. The third-order valence-electron chi connectivity index (χ3n) is 4.34. The van der Waals surface area contributed by atoms with Gasteiger partial charge in [0, 0.05) is 10.9 Å². The summed E-state index contributed by atoms with van der Waals surface area (Å²) in [5.74, 6) is -1.19. The van der Waals surface area contributed by atoms with Crippen molar-refractivity contribution in [3.63, 3.8) is 0 Å². The van der Waals surface area contributed by atoms with Crippen LogP contribution in [0, 0.1) is 5.82 Å². The minimum atomic E-state index is -0.650. The molecule has 0 saturated carbocycles. The minimum Gasteiger partial charge on any atom is -0.273 e. The lowest BCUT2D eigenvalue weighted by Crippen LogP contribution is -2.38. The standard InChI is InChI=1S/C20H19ClFN3O2/c1-11(2)18-23-17-8-7-14(21)10-16(17)20(27)25(18)24-19(26)12(3)13-5-4-6-15(22)9-13/h4-12H,1-3H3,(H,24,26). The van der Waals surface area contributed by atoms with Gasteiger partial charge in [-0.2, -0.15) is 0 Å². The highest BCUT2D eigenvalue weighted by atomic mass is 35.5. The zero-order valence-corrected chi connectivity index (χ0v) is 15.9. The molecule has 1 unspecified atom stereocenters. The minimum absolute atomic E-state index is 0.109. The largest absolute Gasteiger partial charge is 0.280 e. The van der Waals surface area contributed by atoms with Gasteiger partial charge in [0.15, 0.2) is 0 Å². The molecule has 0 aliphatic carbocycles. The first-order valence-corrected chi connectivity index (χ1v) is 8.94. The van der Waals surface area contributed by atoms with E-state index in [0.717, 1.165) is 4.68 Å². The lowest BCUT2D eigenvalue weighted by atomic mass is 10.0. The number of hydrogen-bond acceptors (Lipinski definition) is 3. The molecule has 0 bridgehead atoms. The van der Waals surface area contributed by atoms with Gasteiger partial charge in [0.2, 0.25) is 5.91 Å². The van der Waals surface area contributed by atoms with Gasteiger partial charge in [-0.3, -0.25) is 15.0 Å².